The summed E-state index contributed by atoms with van der Waals surface area (Å²) in [5.74, 6) is 0.892. The Morgan fingerprint density at radius 3 is 2.70 bits per heavy atom. The highest BCUT2D eigenvalue weighted by Crippen LogP contribution is 2.35. The van der Waals surface area contributed by atoms with Crippen LogP contribution in [0.2, 0.25) is 0 Å². The molecule has 0 aliphatic heterocycles. The van der Waals surface area contributed by atoms with Crippen LogP contribution in [0.3, 0.4) is 0 Å². The van der Waals surface area contributed by atoms with E-state index in [0.717, 1.165) is 47.0 Å². The lowest BCUT2D eigenvalue weighted by Crippen LogP contribution is -2.27. The van der Waals surface area contributed by atoms with Crippen LogP contribution >= 0.6 is 11.3 Å². The van der Waals surface area contributed by atoms with Gasteiger partial charge in [-0.1, -0.05) is 30.3 Å². The molecule has 1 N–H and O–H groups in total. The number of fused-ring (bicyclic) bond motifs is 1. The molecule has 0 fully saturated rings. The Bertz CT molecular complexity index is 919. The maximum absolute atomic E-state index is 12.7. The summed E-state index contributed by atoms with van der Waals surface area (Å²) in [6.45, 7) is 2.59. The SMILES string of the molecule is CCOc1ccc(NC(=O)C2CCc3nc(-c4ccccc4)sc3C2)cc1. The number of amides is 1. The van der Waals surface area contributed by atoms with Gasteiger partial charge in [0.05, 0.1) is 12.3 Å². The highest BCUT2D eigenvalue weighted by atomic mass is 32.1. The molecule has 1 aliphatic rings. The standard InChI is InChI=1S/C22H22N2O2S/c1-2-26-18-11-9-17(10-12-18)23-21(25)16-8-13-19-20(14-16)27-22(24-19)15-6-4-3-5-7-15/h3-7,9-12,16H,2,8,13-14H2,1H3,(H,23,25). The minimum Gasteiger partial charge on any atom is -0.494 e. The molecule has 0 spiro atoms. The summed E-state index contributed by atoms with van der Waals surface area (Å²) in [5.41, 5.74) is 3.11. The van der Waals surface area contributed by atoms with Crippen molar-refractivity contribution in [3.05, 3.63) is 65.2 Å². The molecular formula is C22H22N2O2S. The van der Waals surface area contributed by atoms with E-state index in [4.69, 9.17) is 9.72 Å². The third-order valence-electron chi connectivity index (χ3n) is 4.76. The highest BCUT2D eigenvalue weighted by molar-refractivity contribution is 7.15. The Balaban J connectivity index is 1.43. The van der Waals surface area contributed by atoms with Gasteiger partial charge in [0.1, 0.15) is 10.8 Å². The number of hydrogen-bond acceptors (Lipinski definition) is 4. The summed E-state index contributed by atoms with van der Waals surface area (Å²) in [6, 6.07) is 17.8. The predicted molar refractivity (Wildman–Crippen MR) is 109 cm³/mol. The summed E-state index contributed by atoms with van der Waals surface area (Å²) >= 11 is 1.72. The molecule has 1 heterocycles. The van der Waals surface area contributed by atoms with Crippen molar-refractivity contribution in [2.75, 3.05) is 11.9 Å². The zero-order valence-electron chi connectivity index (χ0n) is 15.3. The first-order valence-corrected chi connectivity index (χ1v) is 10.1. The van der Waals surface area contributed by atoms with Gasteiger partial charge in [0.25, 0.3) is 0 Å². The number of aromatic nitrogens is 1. The van der Waals surface area contributed by atoms with Crippen molar-refractivity contribution in [1.29, 1.82) is 0 Å². The lowest BCUT2D eigenvalue weighted by molar-refractivity contribution is -0.120. The number of rotatable bonds is 5. The molecule has 0 saturated heterocycles. The molecule has 1 amide bonds. The van der Waals surface area contributed by atoms with Crippen LogP contribution in [0.25, 0.3) is 10.6 Å². The van der Waals surface area contributed by atoms with Crippen LogP contribution in [-0.2, 0) is 17.6 Å². The average molecular weight is 378 g/mol. The van der Waals surface area contributed by atoms with Gasteiger partial charge in [-0.3, -0.25) is 4.79 Å². The molecule has 5 heteroatoms. The van der Waals surface area contributed by atoms with Crippen LogP contribution in [0.4, 0.5) is 5.69 Å². The molecule has 0 radical (unpaired) electrons. The Morgan fingerprint density at radius 2 is 1.96 bits per heavy atom. The Labute approximate surface area is 163 Å². The summed E-state index contributed by atoms with van der Waals surface area (Å²) < 4.78 is 5.44. The normalized spacial score (nSPS) is 15.8. The van der Waals surface area contributed by atoms with E-state index in [9.17, 15) is 4.79 Å². The van der Waals surface area contributed by atoms with Crippen molar-refractivity contribution in [1.82, 2.24) is 4.98 Å². The number of thiazole rings is 1. The van der Waals surface area contributed by atoms with Crippen LogP contribution in [0.15, 0.2) is 54.6 Å². The quantitative estimate of drug-likeness (QED) is 0.683. The zero-order valence-corrected chi connectivity index (χ0v) is 16.1. The van der Waals surface area contributed by atoms with E-state index in [1.54, 1.807) is 11.3 Å². The number of anilines is 1. The first kappa shape index (κ1) is 17.7. The van der Waals surface area contributed by atoms with E-state index in [2.05, 4.69) is 17.4 Å². The molecule has 4 rings (SSSR count). The maximum atomic E-state index is 12.7. The number of aryl methyl sites for hydroxylation is 1. The van der Waals surface area contributed by atoms with E-state index in [1.807, 2.05) is 49.4 Å². The molecule has 1 aliphatic carbocycles. The molecule has 138 valence electrons. The van der Waals surface area contributed by atoms with Crippen LogP contribution in [0, 0.1) is 5.92 Å². The number of carbonyl (C=O) groups excluding carboxylic acids is 1. The van der Waals surface area contributed by atoms with Crippen molar-refractivity contribution in [3.8, 4) is 16.3 Å². The van der Waals surface area contributed by atoms with E-state index < -0.39 is 0 Å². The minimum atomic E-state index is -0.00635. The topological polar surface area (TPSA) is 51.2 Å². The first-order chi connectivity index (χ1) is 13.2. The second-order valence-corrected chi connectivity index (χ2v) is 7.72. The molecule has 0 bridgehead atoms. The number of nitrogens with one attached hydrogen (secondary N) is 1. The number of benzene rings is 2. The molecule has 4 nitrogen and oxygen atoms in total. The fraction of sp³-hybridized carbons (Fsp3) is 0.273. The summed E-state index contributed by atoms with van der Waals surface area (Å²) in [5, 5.41) is 4.09. The fourth-order valence-electron chi connectivity index (χ4n) is 3.35. The average Bonchev–Trinajstić information content (AvgIpc) is 3.14. The lowest BCUT2D eigenvalue weighted by atomic mass is 9.90. The smallest absolute Gasteiger partial charge is 0.227 e. The predicted octanol–water partition coefficient (Wildman–Crippen LogP) is 4.95. The Morgan fingerprint density at radius 1 is 1.19 bits per heavy atom. The Hall–Kier alpha value is -2.66. The van der Waals surface area contributed by atoms with Gasteiger partial charge >= 0.3 is 0 Å². The van der Waals surface area contributed by atoms with Crippen molar-refractivity contribution < 1.29 is 9.53 Å². The maximum Gasteiger partial charge on any atom is 0.227 e. The van der Waals surface area contributed by atoms with Crippen LogP contribution in [0.5, 0.6) is 5.75 Å². The highest BCUT2D eigenvalue weighted by Gasteiger charge is 2.27. The summed E-state index contributed by atoms with van der Waals surface area (Å²) in [4.78, 5) is 18.7. The fourth-order valence-corrected chi connectivity index (χ4v) is 4.54. The van der Waals surface area contributed by atoms with Gasteiger partial charge in [0, 0.05) is 22.0 Å². The third kappa shape index (κ3) is 4.03. The molecule has 1 unspecified atom stereocenters. The minimum absolute atomic E-state index is 0.00635. The number of hydrogen-bond donors (Lipinski definition) is 1. The van der Waals surface area contributed by atoms with Gasteiger partial charge in [-0.05, 0) is 50.5 Å². The molecule has 27 heavy (non-hydrogen) atoms. The van der Waals surface area contributed by atoms with Crippen LogP contribution in [-0.4, -0.2) is 17.5 Å². The van der Waals surface area contributed by atoms with Gasteiger partial charge in [-0.2, -0.15) is 0 Å². The van der Waals surface area contributed by atoms with E-state index in [-0.39, 0.29) is 11.8 Å². The van der Waals surface area contributed by atoms with Crippen molar-refractivity contribution in [3.63, 3.8) is 0 Å². The van der Waals surface area contributed by atoms with Crippen molar-refractivity contribution in [2.24, 2.45) is 5.92 Å². The molecule has 0 saturated carbocycles. The third-order valence-corrected chi connectivity index (χ3v) is 5.93. The van der Waals surface area contributed by atoms with E-state index in [1.165, 1.54) is 4.88 Å². The van der Waals surface area contributed by atoms with Gasteiger partial charge in [0.15, 0.2) is 0 Å². The summed E-state index contributed by atoms with van der Waals surface area (Å²) in [7, 11) is 0. The largest absolute Gasteiger partial charge is 0.494 e. The number of carbonyl (C=O) groups is 1. The molecule has 1 atom stereocenters. The summed E-state index contributed by atoms with van der Waals surface area (Å²) in [6.07, 6.45) is 2.47. The molecule has 3 aromatic rings. The van der Waals surface area contributed by atoms with E-state index >= 15 is 0 Å². The molecular weight excluding hydrogens is 356 g/mol. The van der Waals surface area contributed by atoms with Gasteiger partial charge in [-0.15, -0.1) is 11.3 Å². The van der Waals surface area contributed by atoms with Crippen LogP contribution < -0.4 is 10.1 Å². The Kier molecular flexibility index (Phi) is 5.21. The van der Waals surface area contributed by atoms with E-state index in [0.29, 0.717) is 6.61 Å². The van der Waals surface area contributed by atoms with Crippen LogP contribution in [0.1, 0.15) is 23.9 Å². The second kappa shape index (κ2) is 7.92. The molecule has 2 aromatic carbocycles. The van der Waals surface area contributed by atoms with Crippen molar-refractivity contribution >= 4 is 22.9 Å². The zero-order chi connectivity index (χ0) is 18.6. The number of nitrogens with zero attached hydrogens (tertiary/aromatic N) is 1. The van der Waals surface area contributed by atoms with Crippen molar-refractivity contribution in [2.45, 2.75) is 26.2 Å². The first-order valence-electron chi connectivity index (χ1n) is 9.30. The lowest BCUT2D eigenvalue weighted by Gasteiger charge is -2.20. The second-order valence-electron chi connectivity index (χ2n) is 6.64. The number of ether oxygens (including phenoxy) is 1. The monoisotopic (exact) mass is 378 g/mol. The van der Waals surface area contributed by atoms with Gasteiger partial charge in [0.2, 0.25) is 5.91 Å². The molecule has 1 aromatic heterocycles. The van der Waals surface area contributed by atoms with Gasteiger partial charge in [-0.25, -0.2) is 4.98 Å². The van der Waals surface area contributed by atoms with Gasteiger partial charge < -0.3 is 10.1 Å².